The van der Waals surface area contributed by atoms with E-state index in [4.69, 9.17) is 16.1 Å². The van der Waals surface area contributed by atoms with Crippen LogP contribution in [0, 0.1) is 0 Å². The second-order valence-electron chi connectivity index (χ2n) is 4.89. The molecule has 0 unspecified atom stereocenters. The van der Waals surface area contributed by atoms with Crippen LogP contribution in [-0.4, -0.2) is 31.1 Å². The summed E-state index contributed by atoms with van der Waals surface area (Å²) >= 11 is 5.75. The highest BCUT2D eigenvalue weighted by Crippen LogP contribution is 2.19. The molecule has 0 amide bonds. The Hall–Kier alpha value is -2.62. The number of H-pyrrole nitrogens is 1. The molecule has 0 atom stereocenters. The molecule has 0 saturated heterocycles. The number of alkyl halides is 3. The van der Waals surface area contributed by atoms with Crippen molar-refractivity contribution in [1.29, 1.82) is 0 Å². The summed E-state index contributed by atoms with van der Waals surface area (Å²) in [4.78, 5) is 17.8. The standard InChI is InChI=1S/C13H9ClF3N5O2/c14-9-3-7(4-10(23)18-9)12-19-11(24-21-12)5-8-1-2-22(20-8)6-13(15,16)17/h1-4H,5-6H2,(H,18,23). The summed E-state index contributed by atoms with van der Waals surface area (Å²) in [5, 5.41) is 7.63. The van der Waals surface area contributed by atoms with Crippen molar-refractivity contribution in [1.82, 2.24) is 24.9 Å². The molecule has 0 spiro atoms. The van der Waals surface area contributed by atoms with Gasteiger partial charge < -0.3 is 9.51 Å². The Balaban J connectivity index is 1.76. The van der Waals surface area contributed by atoms with Crippen LogP contribution in [0.1, 0.15) is 11.6 Å². The van der Waals surface area contributed by atoms with Gasteiger partial charge in [-0.3, -0.25) is 9.48 Å². The van der Waals surface area contributed by atoms with Crippen molar-refractivity contribution in [3.05, 3.63) is 51.5 Å². The van der Waals surface area contributed by atoms with E-state index in [1.54, 1.807) is 0 Å². The maximum absolute atomic E-state index is 12.3. The van der Waals surface area contributed by atoms with E-state index in [1.165, 1.54) is 24.4 Å². The molecule has 126 valence electrons. The van der Waals surface area contributed by atoms with E-state index < -0.39 is 18.3 Å². The van der Waals surface area contributed by atoms with Crippen LogP contribution in [-0.2, 0) is 13.0 Å². The fraction of sp³-hybridized carbons (Fsp3) is 0.231. The van der Waals surface area contributed by atoms with Gasteiger partial charge in [-0.15, -0.1) is 0 Å². The SMILES string of the molecule is O=c1cc(-c2noc(Cc3ccn(CC(F)(F)F)n3)n2)cc(Cl)[nH]1. The molecule has 0 aromatic carbocycles. The van der Waals surface area contributed by atoms with E-state index in [1.807, 2.05) is 0 Å². The Kier molecular flexibility index (Phi) is 4.14. The van der Waals surface area contributed by atoms with E-state index in [-0.39, 0.29) is 23.3 Å². The van der Waals surface area contributed by atoms with Crippen LogP contribution >= 0.6 is 11.6 Å². The lowest BCUT2D eigenvalue weighted by Gasteiger charge is -2.05. The van der Waals surface area contributed by atoms with Gasteiger partial charge in [0.1, 0.15) is 11.7 Å². The van der Waals surface area contributed by atoms with Crippen molar-refractivity contribution in [2.45, 2.75) is 19.1 Å². The predicted octanol–water partition coefficient (Wildman–Crippen LogP) is 2.43. The van der Waals surface area contributed by atoms with Gasteiger partial charge >= 0.3 is 6.18 Å². The monoisotopic (exact) mass is 359 g/mol. The topological polar surface area (TPSA) is 89.6 Å². The molecule has 3 aromatic rings. The maximum atomic E-state index is 12.3. The molecule has 11 heteroatoms. The fourth-order valence-electron chi connectivity index (χ4n) is 2.01. The fourth-order valence-corrected chi connectivity index (χ4v) is 2.22. The molecule has 0 aliphatic rings. The third-order valence-corrected chi connectivity index (χ3v) is 3.11. The lowest BCUT2D eigenvalue weighted by Crippen LogP contribution is -2.18. The Labute approximate surface area is 137 Å². The summed E-state index contributed by atoms with van der Waals surface area (Å²) in [7, 11) is 0. The summed E-state index contributed by atoms with van der Waals surface area (Å²) in [6.45, 7) is -1.17. The van der Waals surface area contributed by atoms with Gasteiger partial charge in [-0.2, -0.15) is 23.3 Å². The van der Waals surface area contributed by atoms with Gasteiger partial charge in [-0.1, -0.05) is 16.8 Å². The maximum Gasteiger partial charge on any atom is 0.408 e. The molecule has 3 rings (SSSR count). The molecule has 0 aliphatic carbocycles. The van der Waals surface area contributed by atoms with Crippen LogP contribution in [0.5, 0.6) is 0 Å². The lowest BCUT2D eigenvalue weighted by molar-refractivity contribution is -0.142. The van der Waals surface area contributed by atoms with Crippen LogP contribution < -0.4 is 5.56 Å². The van der Waals surface area contributed by atoms with Crippen molar-refractivity contribution in [2.75, 3.05) is 0 Å². The molecule has 0 bridgehead atoms. The quantitative estimate of drug-likeness (QED) is 0.723. The summed E-state index contributed by atoms with van der Waals surface area (Å²) < 4.78 is 42.7. The highest BCUT2D eigenvalue weighted by atomic mass is 35.5. The van der Waals surface area contributed by atoms with Crippen LogP contribution in [0.3, 0.4) is 0 Å². The second-order valence-corrected chi connectivity index (χ2v) is 5.30. The smallest absolute Gasteiger partial charge is 0.339 e. The molecule has 0 radical (unpaired) electrons. The molecule has 0 aliphatic heterocycles. The number of rotatable bonds is 4. The van der Waals surface area contributed by atoms with E-state index in [0.717, 1.165) is 4.68 Å². The number of pyridine rings is 1. The summed E-state index contributed by atoms with van der Waals surface area (Å²) in [6, 6.07) is 4.13. The molecular weight excluding hydrogens is 351 g/mol. The Morgan fingerprint density at radius 3 is 2.83 bits per heavy atom. The van der Waals surface area contributed by atoms with E-state index in [9.17, 15) is 18.0 Å². The van der Waals surface area contributed by atoms with E-state index in [2.05, 4.69) is 20.2 Å². The van der Waals surface area contributed by atoms with Crippen LogP contribution in [0.25, 0.3) is 11.4 Å². The zero-order valence-electron chi connectivity index (χ0n) is 11.8. The first kappa shape index (κ1) is 16.2. The van der Waals surface area contributed by atoms with Gasteiger partial charge in [-0.25, -0.2) is 0 Å². The first-order chi connectivity index (χ1) is 11.3. The molecular formula is C13H9ClF3N5O2. The molecule has 0 fully saturated rings. The van der Waals surface area contributed by atoms with Gasteiger partial charge in [0.05, 0.1) is 12.1 Å². The zero-order valence-corrected chi connectivity index (χ0v) is 12.6. The average molecular weight is 360 g/mol. The van der Waals surface area contributed by atoms with Gasteiger partial charge in [-0.05, 0) is 12.1 Å². The van der Waals surface area contributed by atoms with Crippen molar-refractivity contribution >= 4 is 11.6 Å². The van der Waals surface area contributed by atoms with Crippen LogP contribution in [0.2, 0.25) is 5.15 Å². The summed E-state index contributed by atoms with van der Waals surface area (Å²) in [5.74, 6) is 0.298. The Morgan fingerprint density at radius 1 is 1.33 bits per heavy atom. The number of nitrogens with zero attached hydrogens (tertiary/aromatic N) is 4. The number of aromatic nitrogens is 5. The largest absolute Gasteiger partial charge is 0.408 e. The van der Waals surface area contributed by atoms with Crippen LogP contribution in [0.15, 0.2) is 33.7 Å². The van der Waals surface area contributed by atoms with Crippen molar-refractivity contribution < 1.29 is 17.7 Å². The lowest BCUT2D eigenvalue weighted by atomic mass is 10.2. The van der Waals surface area contributed by atoms with Gasteiger partial charge in [0.25, 0.3) is 0 Å². The molecule has 24 heavy (non-hydrogen) atoms. The first-order valence-corrected chi connectivity index (χ1v) is 6.98. The molecule has 1 N–H and O–H groups in total. The summed E-state index contributed by atoms with van der Waals surface area (Å²) in [6.07, 6.45) is -3.06. The minimum absolute atomic E-state index is 0.0643. The molecule has 0 saturated carbocycles. The van der Waals surface area contributed by atoms with E-state index >= 15 is 0 Å². The minimum atomic E-state index is -4.35. The van der Waals surface area contributed by atoms with Gasteiger partial charge in [0.15, 0.2) is 0 Å². The number of nitrogens with one attached hydrogen (secondary N) is 1. The third kappa shape index (κ3) is 4.02. The number of hydrogen-bond acceptors (Lipinski definition) is 5. The Morgan fingerprint density at radius 2 is 2.12 bits per heavy atom. The number of hydrogen-bond donors (Lipinski definition) is 1. The minimum Gasteiger partial charge on any atom is -0.339 e. The molecule has 7 nitrogen and oxygen atoms in total. The third-order valence-electron chi connectivity index (χ3n) is 2.91. The molecule has 3 aromatic heterocycles. The van der Waals surface area contributed by atoms with Crippen LogP contribution in [0.4, 0.5) is 13.2 Å². The normalized spacial score (nSPS) is 11.8. The predicted molar refractivity (Wildman–Crippen MR) is 76.5 cm³/mol. The second kappa shape index (κ2) is 6.11. The Bertz CT molecular complexity index is 915. The highest BCUT2D eigenvalue weighted by molar-refractivity contribution is 6.29. The van der Waals surface area contributed by atoms with Gasteiger partial charge in [0.2, 0.25) is 17.3 Å². The van der Waals surface area contributed by atoms with E-state index in [0.29, 0.717) is 11.3 Å². The van der Waals surface area contributed by atoms with Crippen molar-refractivity contribution in [3.8, 4) is 11.4 Å². The average Bonchev–Trinajstić information content (AvgIpc) is 3.06. The zero-order chi connectivity index (χ0) is 17.3. The highest BCUT2D eigenvalue weighted by Gasteiger charge is 2.28. The van der Waals surface area contributed by atoms with Crippen molar-refractivity contribution in [3.63, 3.8) is 0 Å². The van der Waals surface area contributed by atoms with Crippen molar-refractivity contribution in [2.24, 2.45) is 0 Å². The number of aromatic amines is 1. The molecule has 3 heterocycles. The first-order valence-electron chi connectivity index (χ1n) is 6.60. The van der Waals surface area contributed by atoms with Gasteiger partial charge in [0, 0.05) is 17.8 Å². The summed E-state index contributed by atoms with van der Waals surface area (Å²) in [5.41, 5.74) is 0.287. The number of halogens is 4.